The van der Waals surface area contributed by atoms with E-state index in [4.69, 9.17) is 0 Å². The van der Waals surface area contributed by atoms with E-state index in [0.717, 1.165) is 17.2 Å². The number of carbonyl (C=O) groups is 1. The van der Waals surface area contributed by atoms with E-state index in [-0.39, 0.29) is 11.9 Å². The third kappa shape index (κ3) is 4.76. The van der Waals surface area contributed by atoms with Crippen LogP contribution in [0.25, 0.3) is 0 Å². The molecule has 1 fully saturated rings. The van der Waals surface area contributed by atoms with E-state index in [2.05, 4.69) is 23.6 Å². The van der Waals surface area contributed by atoms with Gasteiger partial charge in [0.1, 0.15) is 0 Å². The lowest BCUT2D eigenvalue weighted by Gasteiger charge is -2.30. The fraction of sp³-hybridized carbons (Fsp3) is 0.611. The van der Waals surface area contributed by atoms with Crippen molar-refractivity contribution < 1.29 is 4.79 Å². The predicted molar refractivity (Wildman–Crippen MR) is 88.7 cm³/mol. The van der Waals surface area contributed by atoms with Gasteiger partial charge in [0.15, 0.2) is 0 Å². The van der Waals surface area contributed by atoms with Gasteiger partial charge >= 0.3 is 0 Å². The Bertz CT molecular complexity index is 470. The first-order valence-corrected chi connectivity index (χ1v) is 8.26. The highest BCUT2D eigenvalue weighted by atomic mass is 16.1. The van der Waals surface area contributed by atoms with Crippen LogP contribution in [-0.4, -0.2) is 18.0 Å². The third-order valence-electron chi connectivity index (χ3n) is 4.28. The molecule has 116 valence electrons. The predicted octanol–water partition coefficient (Wildman–Crippen LogP) is 4.21. The Kier molecular flexibility index (Phi) is 5.66. The molecule has 0 aliphatic heterocycles. The van der Waals surface area contributed by atoms with Crippen LogP contribution in [0.5, 0.6) is 0 Å². The number of hydrogen-bond acceptors (Lipinski definition) is 2. The van der Waals surface area contributed by atoms with Gasteiger partial charge in [-0.15, -0.1) is 0 Å². The van der Waals surface area contributed by atoms with Gasteiger partial charge in [0.2, 0.25) is 0 Å². The lowest BCUT2D eigenvalue weighted by atomic mass is 9.84. The van der Waals surface area contributed by atoms with E-state index >= 15 is 0 Å². The molecule has 0 bridgehead atoms. The zero-order valence-corrected chi connectivity index (χ0v) is 13.5. The second-order valence-electron chi connectivity index (χ2n) is 6.49. The van der Waals surface area contributed by atoms with E-state index in [9.17, 15) is 4.79 Å². The monoisotopic (exact) mass is 288 g/mol. The van der Waals surface area contributed by atoms with Crippen LogP contribution in [-0.2, 0) is 0 Å². The molecule has 1 aliphatic rings. The Balaban J connectivity index is 1.99. The first-order valence-electron chi connectivity index (χ1n) is 8.26. The molecule has 21 heavy (non-hydrogen) atoms. The molecule has 2 atom stereocenters. The molecule has 0 heterocycles. The van der Waals surface area contributed by atoms with E-state index in [1.165, 1.54) is 32.1 Å². The number of nitrogens with one attached hydrogen (secondary N) is 2. The van der Waals surface area contributed by atoms with Crippen LogP contribution in [0.15, 0.2) is 24.3 Å². The Morgan fingerprint density at radius 2 is 2.14 bits per heavy atom. The van der Waals surface area contributed by atoms with Gasteiger partial charge in [-0.2, -0.15) is 0 Å². The van der Waals surface area contributed by atoms with Crippen molar-refractivity contribution in [3.05, 3.63) is 29.8 Å². The molecule has 0 radical (unpaired) electrons. The molecule has 1 aromatic carbocycles. The number of amides is 1. The van der Waals surface area contributed by atoms with Crippen molar-refractivity contribution in [2.24, 2.45) is 5.92 Å². The first-order chi connectivity index (χ1) is 10.1. The van der Waals surface area contributed by atoms with Gasteiger partial charge in [-0.1, -0.05) is 32.3 Å². The molecule has 2 rings (SSSR count). The molecule has 1 aromatic rings. The maximum Gasteiger partial charge on any atom is 0.251 e. The standard InChI is InChI=1S/C18H28N2O/c1-4-14-7-5-9-16(11-14)20-17-10-6-8-15(12-17)18(21)19-13(2)3/h6,8,10,12-14,16,20H,4-5,7,9,11H2,1-3H3,(H,19,21). The highest BCUT2D eigenvalue weighted by Gasteiger charge is 2.20. The SMILES string of the molecule is CCC1CCCC(Nc2cccc(C(=O)NC(C)C)c2)C1. The summed E-state index contributed by atoms with van der Waals surface area (Å²) >= 11 is 0. The molecule has 1 saturated carbocycles. The van der Waals surface area contributed by atoms with Crippen molar-refractivity contribution in [1.82, 2.24) is 5.32 Å². The molecule has 0 spiro atoms. The van der Waals surface area contributed by atoms with Crippen molar-refractivity contribution in [1.29, 1.82) is 0 Å². The number of rotatable bonds is 5. The average Bonchev–Trinajstić information content (AvgIpc) is 2.47. The summed E-state index contributed by atoms with van der Waals surface area (Å²) in [5.41, 5.74) is 1.80. The first kappa shape index (κ1) is 15.9. The summed E-state index contributed by atoms with van der Waals surface area (Å²) in [6.45, 7) is 6.24. The Morgan fingerprint density at radius 3 is 2.86 bits per heavy atom. The van der Waals surface area contributed by atoms with Gasteiger partial charge in [0, 0.05) is 23.3 Å². The minimum atomic E-state index is 0.00345. The van der Waals surface area contributed by atoms with Crippen LogP contribution in [0.1, 0.15) is 63.2 Å². The minimum Gasteiger partial charge on any atom is -0.382 e. The average molecular weight is 288 g/mol. The Morgan fingerprint density at radius 1 is 1.33 bits per heavy atom. The second-order valence-corrected chi connectivity index (χ2v) is 6.49. The number of benzene rings is 1. The summed E-state index contributed by atoms with van der Waals surface area (Å²) in [7, 11) is 0. The van der Waals surface area contributed by atoms with E-state index in [1.807, 2.05) is 32.0 Å². The molecule has 3 heteroatoms. The summed E-state index contributed by atoms with van der Waals surface area (Å²) in [4.78, 5) is 12.1. The summed E-state index contributed by atoms with van der Waals surface area (Å²) in [6.07, 6.45) is 6.43. The highest BCUT2D eigenvalue weighted by molar-refractivity contribution is 5.95. The summed E-state index contributed by atoms with van der Waals surface area (Å²) in [6, 6.07) is 8.57. The summed E-state index contributed by atoms with van der Waals surface area (Å²) in [5.74, 6) is 0.854. The molecule has 2 unspecified atom stereocenters. The largest absolute Gasteiger partial charge is 0.382 e. The van der Waals surface area contributed by atoms with Crippen molar-refractivity contribution in [3.63, 3.8) is 0 Å². The van der Waals surface area contributed by atoms with Crippen LogP contribution in [0.4, 0.5) is 5.69 Å². The smallest absolute Gasteiger partial charge is 0.251 e. The molecule has 0 aromatic heterocycles. The zero-order chi connectivity index (χ0) is 15.2. The van der Waals surface area contributed by atoms with Crippen molar-refractivity contribution >= 4 is 11.6 Å². The number of anilines is 1. The fourth-order valence-corrected chi connectivity index (χ4v) is 3.12. The topological polar surface area (TPSA) is 41.1 Å². The maximum absolute atomic E-state index is 12.1. The lowest BCUT2D eigenvalue weighted by Crippen LogP contribution is -2.30. The lowest BCUT2D eigenvalue weighted by molar-refractivity contribution is 0.0943. The molecular weight excluding hydrogens is 260 g/mol. The summed E-state index contributed by atoms with van der Waals surface area (Å²) < 4.78 is 0. The van der Waals surface area contributed by atoms with Crippen molar-refractivity contribution in [3.8, 4) is 0 Å². The molecule has 2 N–H and O–H groups in total. The maximum atomic E-state index is 12.1. The van der Waals surface area contributed by atoms with E-state index < -0.39 is 0 Å². The Labute approximate surface area is 128 Å². The normalized spacial score (nSPS) is 22.1. The highest BCUT2D eigenvalue weighted by Crippen LogP contribution is 2.28. The molecule has 0 saturated heterocycles. The quantitative estimate of drug-likeness (QED) is 0.852. The fourth-order valence-electron chi connectivity index (χ4n) is 3.12. The van der Waals surface area contributed by atoms with Gasteiger partial charge in [0.05, 0.1) is 0 Å². The van der Waals surface area contributed by atoms with Crippen LogP contribution < -0.4 is 10.6 Å². The summed E-state index contributed by atoms with van der Waals surface area (Å²) in [5, 5.41) is 6.55. The van der Waals surface area contributed by atoms with Crippen LogP contribution in [0.2, 0.25) is 0 Å². The van der Waals surface area contributed by atoms with Gasteiger partial charge < -0.3 is 10.6 Å². The van der Waals surface area contributed by atoms with Crippen LogP contribution >= 0.6 is 0 Å². The Hall–Kier alpha value is -1.51. The minimum absolute atomic E-state index is 0.00345. The number of carbonyl (C=O) groups excluding carboxylic acids is 1. The van der Waals surface area contributed by atoms with Crippen LogP contribution in [0.3, 0.4) is 0 Å². The van der Waals surface area contributed by atoms with Crippen molar-refractivity contribution in [2.45, 2.75) is 65.0 Å². The number of hydrogen-bond donors (Lipinski definition) is 2. The molecule has 1 amide bonds. The van der Waals surface area contributed by atoms with Gasteiger partial charge in [-0.25, -0.2) is 0 Å². The zero-order valence-electron chi connectivity index (χ0n) is 13.5. The van der Waals surface area contributed by atoms with Crippen LogP contribution in [0, 0.1) is 5.92 Å². The van der Waals surface area contributed by atoms with Gasteiger partial charge in [0.25, 0.3) is 5.91 Å². The third-order valence-corrected chi connectivity index (χ3v) is 4.28. The van der Waals surface area contributed by atoms with Crippen molar-refractivity contribution in [2.75, 3.05) is 5.32 Å². The molecule has 3 nitrogen and oxygen atoms in total. The molecular formula is C18H28N2O. The van der Waals surface area contributed by atoms with Gasteiger partial charge in [-0.3, -0.25) is 4.79 Å². The van der Waals surface area contributed by atoms with Gasteiger partial charge in [-0.05, 0) is 50.8 Å². The second kappa shape index (κ2) is 7.48. The molecule has 1 aliphatic carbocycles. The van der Waals surface area contributed by atoms with E-state index in [1.54, 1.807) is 0 Å². The van der Waals surface area contributed by atoms with E-state index in [0.29, 0.717) is 6.04 Å².